The van der Waals surface area contributed by atoms with Crippen LogP contribution >= 0.6 is 11.3 Å². The molecule has 4 aliphatic rings. The van der Waals surface area contributed by atoms with Gasteiger partial charge in [-0.1, -0.05) is 24.3 Å². The summed E-state index contributed by atoms with van der Waals surface area (Å²) in [5.74, 6) is 2.97. The van der Waals surface area contributed by atoms with E-state index in [0.29, 0.717) is 12.0 Å². The smallest absolute Gasteiger partial charge is 0.125 e. The van der Waals surface area contributed by atoms with E-state index in [1.165, 1.54) is 60.1 Å². The molecule has 0 spiro atoms. The number of benzene rings is 1. The Morgan fingerprint density at radius 1 is 1.00 bits per heavy atom. The van der Waals surface area contributed by atoms with Gasteiger partial charge in [0.15, 0.2) is 0 Å². The topological polar surface area (TPSA) is 29.1 Å². The Bertz CT molecular complexity index is 756. The Kier molecular flexibility index (Phi) is 4.25. The first-order chi connectivity index (χ1) is 12.7. The molecule has 0 aliphatic heterocycles. The molecule has 0 atom stereocenters. The monoisotopic (exact) mass is 365 g/mol. The zero-order valence-corrected chi connectivity index (χ0v) is 16.1. The fourth-order valence-corrected chi connectivity index (χ4v) is 7.10. The molecule has 1 N–H and O–H groups in total. The average molecular weight is 366 g/mol. The number of aldehydes is 1. The van der Waals surface area contributed by atoms with Crippen LogP contribution < -0.4 is 5.32 Å². The summed E-state index contributed by atoms with van der Waals surface area (Å²) >= 11 is 1.67. The molecule has 0 saturated heterocycles. The molecule has 26 heavy (non-hydrogen) atoms. The van der Waals surface area contributed by atoms with Crippen LogP contribution in [0.1, 0.15) is 49.0 Å². The van der Waals surface area contributed by atoms with Crippen molar-refractivity contribution in [2.75, 3.05) is 0 Å². The van der Waals surface area contributed by atoms with Crippen LogP contribution in [-0.2, 0) is 17.8 Å². The van der Waals surface area contributed by atoms with E-state index in [-0.39, 0.29) is 0 Å². The van der Waals surface area contributed by atoms with Crippen molar-refractivity contribution < 1.29 is 4.79 Å². The van der Waals surface area contributed by atoms with E-state index in [2.05, 4.69) is 41.0 Å². The van der Waals surface area contributed by atoms with Crippen molar-refractivity contribution in [1.29, 1.82) is 0 Å². The molecule has 4 aliphatic carbocycles. The number of nitrogens with one attached hydrogen (secondary N) is 1. The van der Waals surface area contributed by atoms with Gasteiger partial charge in [0.2, 0.25) is 0 Å². The van der Waals surface area contributed by atoms with Gasteiger partial charge >= 0.3 is 0 Å². The fourth-order valence-electron chi connectivity index (χ4n) is 6.25. The summed E-state index contributed by atoms with van der Waals surface area (Å²) in [6.07, 6.45) is 10.2. The van der Waals surface area contributed by atoms with E-state index in [0.717, 1.165) is 30.6 Å². The largest absolute Gasteiger partial charge is 0.307 e. The van der Waals surface area contributed by atoms with Crippen LogP contribution in [0.15, 0.2) is 35.7 Å². The zero-order chi connectivity index (χ0) is 17.6. The van der Waals surface area contributed by atoms with Crippen molar-refractivity contribution in [3.63, 3.8) is 0 Å². The maximum atomic E-state index is 10.9. The van der Waals surface area contributed by atoms with Crippen molar-refractivity contribution >= 4 is 17.6 Å². The van der Waals surface area contributed by atoms with E-state index >= 15 is 0 Å². The summed E-state index contributed by atoms with van der Waals surface area (Å²) in [4.78, 5) is 12.0. The molecule has 0 unspecified atom stereocenters. The van der Waals surface area contributed by atoms with Gasteiger partial charge in [0.05, 0.1) is 0 Å². The van der Waals surface area contributed by atoms with Crippen molar-refractivity contribution in [3.05, 3.63) is 46.2 Å². The average Bonchev–Trinajstić information content (AvgIpc) is 3.08. The minimum absolute atomic E-state index is 0.428. The normalized spacial score (nSPS) is 32.1. The summed E-state index contributed by atoms with van der Waals surface area (Å²) in [7, 11) is 0. The Hall–Kier alpha value is -1.45. The second-order valence-corrected chi connectivity index (χ2v) is 9.88. The molecule has 0 radical (unpaired) electrons. The summed E-state index contributed by atoms with van der Waals surface area (Å²) < 4.78 is 0. The Labute approximate surface area is 160 Å². The summed E-state index contributed by atoms with van der Waals surface area (Å²) in [5, 5.41) is 6.07. The molecule has 6 rings (SSSR count). The highest BCUT2D eigenvalue weighted by atomic mass is 32.1. The maximum absolute atomic E-state index is 10.9. The molecule has 4 saturated carbocycles. The minimum atomic E-state index is 0.428. The SMILES string of the molecule is O=CCc1sccc1-c1ccc(CNC23CC4CC(CC(C4)C2)C3)cc1. The van der Waals surface area contributed by atoms with Gasteiger partial charge in [-0.05, 0) is 84.4 Å². The van der Waals surface area contributed by atoms with Gasteiger partial charge in [-0.25, -0.2) is 0 Å². The molecule has 1 heterocycles. The standard InChI is InChI=1S/C23H27NOS/c25-7-5-22-21(6-8-26-22)20-3-1-16(2-4-20)15-24-23-12-17-9-18(13-23)11-19(10-17)14-23/h1-4,6-8,17-19,24H,5,9-15H2. The van der Waals surface area contributed by atoms with Crippen LogP contribution in [0.3, 0.4) is 0 Å². The predicted octanol–water partition coefficient (Wildman–Crippen LogP) is 5.21. The third kappa shape index (κ3) is 3.05. The lowest BCUT2D eigenvalue weighted by molar-refractivity contribution is -0.107. The van der Waals surface area contributed by atoms with E-state index in [9.17, 15) is 4.79 Å². The molecule has 136 valence electrons. The van der Waals surface area contributed by atoms with Gasteiger partial charge in [-0.15, -0.1) is 11.3 Å². The lowest BCUT2D eigenvalue weighted by Gasteiger charge is -2.57. The number of thiophene rings is 1. The molecule has 4 bridgehead atoms. The third-order valence-corrected chi connectivity index (χ3v) is 7.93. The minimum Gasteiger partial charge on any atom is -0.307 e. The van der Waals surface area contributed by atoms with Gasteiger partial charge in [-0.2, -0.15) is 0 Å². The van der Waals surface area contributed by atoms with E-state index in [4.69, 9.17) is 0 Å². The number of carbonyl (C=O) groups is 1. The van der Waals surface area contributed by atoms with Crippen LogP contribution in [0.5, 0.6) is 0 Å². The first-order valence-electron chi connectivity index (χ1n) is 10.1. The van der Waals surface area contributed by atoms with Gasteiger partial charge < -0.3 is 10.1 Å². The maximum Gasteiger partial charge on any atom is 0.125 e. The lowest BCUT2D eigenvalue weighted by Crippen LogP contribution is -2.58. The quantitative estimate of drug-likeness (QED) is 0.712. The second kappa shape index (κ2) is 6.61. The molecule has 3 heteroatoms. The van der Waals surface area contributed by atoms with Crippen LogP contribution in [0.25, 0.3) is 11.1 Å². The predicted molar refractivity (Wildman–Crippen MR) is 107 cm³/mol. The molecular weight excluding hydrogens is 338 g/mol. The van der Waals surface area contributed by atoms with E-state index < -0.39 is 0 Å². The molecular formula is C23H27NOS. The van der Waals surface area contributed by atoms with E-state index in [1.54, 1.807) is 11.3 Å². The summed E-state index contributed by atoms with van der Waals surface area (Å²) in [6, 6.07) is 11.1. The number of hydrogen-bond donors (Lipinski definition) is 1. The first kappa shape index (κ1) is 16.7. The highest BCUT2D eigenvalue weighted by molar-refractivity contribution is 7.10. The van der Waals surface area contributed by atoms with Crippen molar-refractivity contribution in [2.24, 2.45) is 17.8 Å². The van der Waals surface area contributed by atoms with Gasteiger partial charge in [0, 0.05) is 23.4 Å². The van der Waals surface area contributed by atoms with Crippen LogP contribution in [0.4, 0.5) is 0 Å². The highest BCUT2D eigenvalue weighted by Crippen LogP contribution is 2.55. The van der Waals surface area contributed by atoms with Crippen LogP contribution in [0.2, 0.25) is 0 Å². The van der Waals surface area contributed by atoms with Crippen molar-refractivity contribution in [3.8, 4) is 11.1 Å². The zero-order valence-electron chi connectivity index (χ0n) is 15.2. The Balaban J connectivity index is 1.27. The van der Waals surface area contributed by atoms with Crippen molar-refractivity contribution in [1.82, 2.24) is 5.32 Å². The Morgan fingerprint density at radius 3 is 2.27 bits per heavy atom. The first-order valence-corrected chi connectivity index (χ1v) is 11.0. The summed E-state index contributed by atoms with van der Waals surface area (Å²) in [6.45, 7) is 0.983. The van der Waals surface area contributed by atoms with Gasteiger partial charge in [-0.3, -0.25) is 0 Å². The highest BCUT2D eigenvalue weighted by Gasteiger charge is 2.50. The molecule has 0 amide bonds. The van der Waals surface area contributed by atoms with Crippen LogP contribution in [-0.4, -0.2) is 11.8 Å². The number of carbonyl (C=O) groups excluding carboxylic acids is 1. The third-order valence-electron chi connectivity index (χ3n) is 6.98. The molecule has 1 aromatic carbocycles. The number of hydrogen-bond acceptors (Lipinski definition) is 3. The van der Waals surface area contributed by atoms with Crippen LogP contribution in [0, 0.1) is 17.8 Å². The van der Waals surface area contributed by atoms with Gasteiger partial charge in [0.1, 0.15) is 6.29 Å². The summed E-state index contributed by atoms with van der Waals surface area (Å²) in [5.41, 5.74) is 4.23. The van der Waals surface area contributed by atoms with Crippen molar-refractivity contribution in [2.45, 2.75) is 57.0 Å². The molecule has 1 aromatic heterocycles. The fraction of sp³-hybridized carbons (Fsp3) is 0.522. The van der Waals surface area contributed by atoms with E-state index in [1.807, 2.05) is 0 Å². The Morgan fingerprint density at radius 2 is 1.65 bits per heavy atom. The number of rotatable bonds is 6. The molecule has 2 nitrogen and oxygen atoms in total. The van der Waals surface area contributed by atoms with Gasteiger partial charge in [0.25, 0.3) is 0 Å². The lowest BCUT2D eigenvalue weighted by atomic mass is 9.53. The second-order valence-electron chi connectivity index (χ2n) is 8.88. The molecule has 4 fully saturated rings. The molecule has 2 aromatic rings.